The summed E-state index contributed by atoms with van der Waals surface area (Å²) in [5, 5.41) is 18.8. The maximum Gasteiger partial charge on any atom is 0.253 e. The second kappa shape index (κ2) is 11.2. The molecular weight excluding hydrogens is 418 g/mol. The Morgan fingerprint density at radius 3 is 2.64 bits per heavy atom. The van der Waals surface area contributed by atoms with Crippen LogP contribution in [0.25, 0.3) is 11.5 Å². The molecule has 10 heteroatoms. The van der Waals surface area contributed by atoms with Gasteiger partial charge in [0.05, 0.1) is 12.1 Å². The topological polar surface area (TPSA) is 117 Å². The van der Waals surface area contributed by atoms with Crippen LogP contribution in [-0.2, 0) is 13.0 Å². The van der Waals surface area contributed by atoms with Crippen LogP contribution in [-0.4, -0.2) is 68.3 Å². The summed E-state index contributed by atoms with van der Waals surface area (Å²) in [6.45, 7) is 10.6. The molecule has 10 nitrogen and oxygen atoms in total. The molecule has 33 heavy (non-hydrogen) atoms. The molecule has 176 valence electrons. The molecule has 0 saturated carbocycles. The molecule has 0 unspecified atom stereocenters. The van der Waals surface area contributed by atoms with Crippen molar-refractivity contribution in [2.24, 2.45) is 0 Å². The summed E-state index contributed by atoms with van der Waals surface area (Å²) in [5.74, 6) is 2.29. The van der Waals surface area contributed by atoms with E-state index in [1.54, 1.807) is 18.6 Å². The van der Waals surface area contributed by atoms with Gasteiger partial charge >= 0.3 is 0 Å². The molecule has 0 aliphatic carbocycles. The lowest BCUT2D eigenvalue weighted by atomic mass is 10.1. The molecule has 4 heterocycles. The Labute approximate surface area is 194 Å². The predicted octanol–water partition coefficient (Wildman–Crippen LogP) is 2.58. The van der Waals surface area contributed by atoms with E-state index in [1.165, 1.54) is 5.56 Å². The highest BCUT2D eigenvalue weighted by Gasteiger charge is 2.23. The second-order valence-corrected chi connectivity index (χ2v) is 8.58. The third-order valence-electron chi connectivity index (χ3n) is 5.47. The molecule has 1 aliphatic heterocycles. The first kappa shape index (κ1) is 23.1. The van der Waals surface area contributed by atoms with Crippen molar-refractivity contribution in [3.05, 3.63) is 42.2 Å². The fourth-order valence-corrected chi connectivity index (χ4v) is 4.06. The van der Waals surface area contributed by atoms with Gasteiger partial charge in [-0.05, 0) is 44.4 Å². The van der Waals surface area contributed by atoms with Crippen molar-refractivity contribution < 1.29 is 4.42 Å². The average Bonchev–Trinajstić information content (AvgIpc) is 3.26. The predicted molar refractivity (Wildman–Crippen MR) is 128 cm³/mol. The number of piperazine rings is 1. The van der Waals surface area contributed by atoms with Crippen LogP contribution in [0.1, 0.15) is 38.6 Å². The maximum atomic E-state index is 6.01. The van der Waals surface area contributed by atoms with E-state index in [4.69, 9.17) is 4.42 Å². The van der Waals surface area contributed by atoms with Gasteiger partial charge in [-0.3, -0.25) is 9.88 Å². The lowest BCUT2D eigenvalue weighted by molar-refractivity contribution is 0.154. The number of rotatable bonds is 10. The Bertz CT molecular complexity index is 1000. The van der Waals surface area contributed by atoms with Crippen LogP contribution in [0.2, 0.25) is 0 Å². The number of nitrogens with one attached hydrogen (secondary N) is 3. The number of aromatic nitrogens is 5. The summed E-state index contributed by atoms with van der Waals surface area (Å²) in [5.41, 5.74) is 1.93. The van der Waals surface area contributed by atoms with Gasteiger partial charge in [0.15, 0.2) is 0 Å². The molecule has 1 aliphatic rings. The normalized spacial score (nSPS) is 18.9. The van der Waals surface area contributed by atoms with Crippen molar-refractivity contribution >= 4 is 11.8 Å². The van der Waals surface area contributed by atoms with Crippen LogP contribution in [0, 0.1) is 0 Å². The third-order valence-corrected chi connectivity index (χ3v) is 5.47. The smallest absolute Gasteiger partial charge is 0.253 e. The molecule has 2 atom stereocenters. The standard InChI is InChI=1S/C23H33N9O/c1-4-8-25-21-19(12-27-23(29-21)26-11-7-18-5-9-24-10-6-18)22-31-30-20(33-22)15-32-13-16(2)28-17(3)14-32/h5-6,9-10,12,16-17,28H,4,7-8,11,13-15H2,1-3H3,(H2,25,26,27,29)/t16-,17+. The van der Waals surface area contributed by atoms with Gasteiger partial charge in [-0.25, -0.2) is 4.98 Å². The zero-order valence-electron chi connectivity index (χ0n) is 19.6. The highest BCUT2D eigenvalue weighted by molar-refractivity contribution is 5.69. The van der Waals surface area contributed by atoms with Crippen LogP contribution in [0.3, 0.4) is 0 Å². The zero-order chi connectivity index (χ0) is 23.0. The molecule has 1 fully saturated rings. The number of hydrogen-bond donors (Lipinski definition) is 3. The number of anilines is 2. The Morgan fingerprint density at radius 2 is 1.88 bits per heavy atom. The minimum atomic E-state index is 0.433. The molecule has 3 aromatic heterocycles. The van der Waals surface area contributed by atoms with Gasteiger partial charge in [0, 0.05) is 56.9 Å². The van der Waals surface area contributed by atoms with Crippen LogP contribution in [0.5, 0.6) is 0 Å². The Morgan fingerprint density at radius 1 is 1.09 bits per heavy atom. The van der Waals surface area contributed by atoms with E-state index in [0.717, 1.165) is 39.0 Å². The van der Waals surface area contributed by atoms with Crippen molar-refractivity contribution in [2.45, 2.75) is 52.2 Å². The van der Waals surface area contributed by atoms with Gasteiger partial charge in [-0.2, -0.15) is 4.98 Å². The fraction of sp³-hybridized carbons (Fsp3) is 0.522. The van der Waals surface area contributed by atoms with Crippen molar-refractivity contribution in [1.82, 2.24) is 35.4 Å². The summed E-state index contributed by atoms with van der Waals surface area (Å²) in [4.78, 5) is 15.5. The minimum absolute atomic E-state index is 0.433. The van der Waals surface area contributed by atoms with Gasteiger partial charge in [-0.1, -0.05) is 6.92 Å². The highest BCUT2D eigenvalue weighted by atomic mass is 16.4. The molecule has 0 bridgehead atoms. The SMILES string of the molecule is CCCNc1nc(NCCc2ccncc2)ncc1-c1nnc(CN2C[C@@H](C)N[C@@H](C)C2)o1. The highest BCUT2D eigenvalue weighted by Crippen LogP contribution is 2.26. The van der Waals surface area contributed by atoms with E-state index in [2.05, 4.69) is 66.8 Å². The molecular formula is C23H33N9O. The monoisotopic (exact) mass is 451 g/mol. The molecule has 0 amide bonds. The van der Waals surface area contributed by atoms with Gasteiger partial charge in [0.25, 0.3) is 5.89 Å². The number of nitrogens with zero attached hydrogens (tertiary/aromatic N) is 6. The summed E-state index contributed by atoms with van der Waals surface area (Å²) >= 11 is 0. The first-order chi connectivity index (χ1) is 16.1. The van der Waals surface area contributed by atoms with E-state index in [-0.39, 0.29) is 0 Å². The minimum Gasteiger partial charge on any atom is -0.419 e. The van der Waals surface area contributed by atoms with Gasteiger partial charge in [0.2, 0.25) is 11.8 Å². The number of hydrogen-bond acceptors (Lipinski definition) is 10. The van der Waals surface area contributed by atoms with Crippen LogP contribution < -0.4 is 16.0 Å². The van der Waals surface area contributed by atoms with Crippen LogP contribution in [0.4, 0.5) is 11.8 Å². The first-order valence-electron chi connectivity index (χ1n) is 11.7. The van der Waals surface area contributed by atoms with Crippen molar-refractivity contribution in [3.63, 3.8) is 0 Å². The van der Waals surface area contributed by atoms with Gasteiger partial charge < -0.3 is 20.4 Å². The van der Waals surface area contributed by atoms with E-state index >= 15 is 0 Å². The molecule has 1 saturated heterocycles. The quantitative estimate of drug-likeness (QED) is 0.424. The lowest BCUT2D eigenvalue weighted by Crippen LogP contribution is -2.53. The molecule has 3 N–H and O–H groups in total. The van der Waals surface area contributed by atoms with Crippen molar-refractivity contribution in [1.29, 1.82) is 0 Å². The molecule has 0 spiro atoms. The average molecular weight is 452 g/mol. The van der Waals surface area contributed by atoms with E-state index in [9.17, 15) is 0 Å². The Hall–Kier alpha value is -3.11. The van der Waals surface area contributed by atoms with E-state index in [1.807, 2.05) is 12.1 Å². The molecule has 0 aromatic carbocycles. The largest absolute Gasteiger partial charge is 0.419 e. The van der Waals surface area contributed by atoms with E-state index in [0.29, 0.717) is 47.7 Å². The van der Waals surface area contributed by atoms with Crippen LogP contribution in [0.15, 0.2) is 35.1 Å². The molecule has 3 aromatic rings. The molecule has 4 rings (SSSR count). The first-order valence-corrected chi connectivity index (χ1v) is 11.7. The zero-order valence-corrected chi connectivity index (χ0v) is 19.6. The second-order valence-electron chi connectivity index (χ2n) is 8.58. The van der Waals surface area contributed by atoms with E-state index < -0.39 is 0 Å². The molecule has 0 radical (unpaired) electrons. The fourth-order valence-electron chi connectivity index (χ4n) is 4.06. The van der Waals surface area contributed by atoms with Crippen molar-refractivity contribution in [2.75, 3.05) is 36.8 Å². The third kappa shape index (κ3) is 6.45. The summed E-state index contributed by atoms with van der Waals surface area (Å²) in [6.07, 6.45) is 7.18. The Kier molecular flexibility index (Phi) is 7.79. The van der Waals surface area contributed by atoms with Crippen molar-refractivity contribution in [3.8, 4) is 11.5 Å². The summed E-state index contributed by atoms with van der Waals surface area (Å²) < 4.78 is 6.01. The van der Waals surface area contributed by atoms with Crippen LogP contribution >= 0.6 is 0 Å². The van der Waals surface area contributed by atoms with Gasteiger partial charge in [0.1, 0.15) is 5.82 Å². The lowest BCUT2D eigenvalue weighted by Gasteiger charge is -2.35. The summed E-state index contributed by atoms with van der Waals surface area (Å²) in [7, 11) is 0. The number of pyridine rings is 1. The maximum absolute atomic E-state index is 6.01. The van der Waals surface area contributed by atoms with Gasteiger partial charge in [-0.15, -0.1) is 10.2 Å². The Balaban J connectivity index is 1.44. The summed E-state index contributed by atoms with van der Waals surface area (Å²) in [6, 6.07) is 4.89.